The monoisotopic (exact) mass is 448 g/mol. The second kappa shape index (κ2) is 12.3. The van der Waals surface area contributed by atoms with Gasteiger partial charge in [0.25, 0.3) is 0 Å². The van der Waals surface area contributed by atoms with Crippen LogP contribution in [0.1, 0.15) is 83.1 Å². The zero-order valence-corrected chi connectivity index (χ0v) is 23.8. The maximum absolute atomic E-state index is 10.1. The summed E-state index contributed by atoms with van der Waals surface area (Å²) in [6.07, 6.45) is 0. The minimum absolute atomic E-state index is 0.171. The predicted octanol–water partition coefficient (Wildman–Crippen LogP) is 6.71. The number of rotatable bonds is 8. The molecule has 0 atom stereocenters. The fourth-order valence-electron chi connectivity index (χ4n) is 5.65. The topological polar surface area (TPSA) is 40.5 Å². The molecule has 0 aromatic rings. The van der Waals surface area contributed by atoms with Gasteiger partial charge in [-0.25, -0.2) is 0 Å². The summed E-state index contributed by atoms with van der Waals surface area (Å²) in [6.45, 7) is 27.0. The molecular formula is C26H48O2Si2. The highest BCUT2D eigenvalue weighted by atomic mass is 28.3. The maximum atomic E-state index is 10.1. The van der Waals surface area contributed by atoms with Crippen LogP contribution in [0.25, 0.3) is 0 Å². The van der Waals surface area contributed by atoms with E-state index >= 15 is 0 Å². The Morgan fingerprint density at radius 2 is 0.700 bits per heavy atom. The fraction of sp³-hybridized carbons (Fsp3) is 0.769. The first-order chi connectivity index (χ1) is 13.7. The zero-order chi connectivity index (χ0) is 23.9. The Labute approximate surface area is 190 Å². The molecule has 2 nitrogen and oxygen atoms in total. The molecule has 0 aliphatic heterocycles. The molecule has 0 fully saturated rings. The van der Waals surface area contributed by atoms with Crippen LogP contribution in [0.5, 0.6) is 0 Å². The molecule has 0 amide bonds. The molecule has 0 radical (unpaired) electrons. The van der Waals surface area contributed by atoms with E-state index < -0.39 is 16.1 Å². The summed E-state index contributed by atoms with van der Waals surface area (Å²) in [7, 11) is -3.81. The molecule has 0 bridgehead atoms. The van der Waals surface area contributed by atoms with Crippen LogP contribution in [-0.4, -0.2) is 39.6 Å². The second-order valence-corrected chi connectivity index (χ2v) is 21.7. The quantitative estimate of drug-likeness (QED) is 0.320. The van der Waals surface area contributed by atoms with Gasteiger partial charge in [0.2, 0.25) is 0 Å². The highest BCUT2D eigenvalue weighted by Crippen LogP contribution is 2.41. The van der Waals surface area contributed by atoms with Crippen molar-refractivity contribution in [3.63, 3.8) is 0 Å². The van der Waals surface area contributed by atoms with Gasteiger partial charge in [-0.2, -0.15) is 0 Å². The van der Waals surface area contributed by atoms with Gasteiger partial charge in [-0.15, -0.1) is 11.1 Å². The van der Waals surface area contributed by atoms with Crippen molar-refractivity contribution in [2.45, 2.75) is 116 Å². The summed E-state index contributed by atoms with van der Waals surface area (Å²) in [5.74, 6) is 6.65. The lowest BCUT2D eigenvalue weighted by Crippen LogP contribution is -2.43. The molecule has 0 unspecified atom stereocenters. The lowest BCUT2D eigenvalue weighted by Gasteiger charge is -2.38. The van der Waals surface area contributed by atoms with Crippen LogP contribution in [0.3, 0.4) is 0 Å². The summed E-state index contributed by atoms with van der Waals surface area (Å²) in [6, 6.07) is 0. The van der Waals surface area contributed by atoms with E-state index in [9.17, 15) is 10.2 Å². The second-order valence-electron chi connectivity index (χ2n) is 10.6. The van der Waals surface area contributed by atoms with Crippen LogP contribution in [0, 0.1) is 22.9 Å². The van der Waals surface area contributed by atoms with E-state index in [0.717, 1.165) is 0 Å². The van der Waals surface area contributed by atoms with Gasteiger partial charge in [0, 0.05) is 11.1 Å². The third-order valence-corrected chi connectivity index (χ3v) is 19.9. The Morgan fingerprint density at radius 1 is 0.500 bits per heavy atom. The first-order valence-corrected chi connectivity index (χ1v) is 16.2. The number of hydrogen-bond acceptors (Lipinski definition) is 2. The molecule has 172 valence electrons. The first-order valence-electron chi connectivity index (χ1n) is 11.7. The molecule has 0 aromatic carbocycles. The normalized spacial score (nSPS) is 13.7. The van der Waals surface area contributed by atoms with Crippen molar-refractivity contribution in [2.24, 2.45) is 0 Å². The molecular weight excluding hydrogens is 400 g/mol. The van der Waals surface area contributed by atoms with E-state index in [0.29, 0.717) is 44.4 Å². The van der Waals surface area contributed by atoms with Gasteiger partial charge >= 0.3 is 0 Å². The van der Waals surface area contributed by atoms with Crippen LogP contribution in [0.15, 0.2) is 11.1 Å². The lowest BCUT2D eigenvalue weighted by atomic mass is 10.1. The molecule has 0 aromatic heterocycles. The SMILES string of the molecule is CC(C)[Si](C#C/C(CO)=C(/C#C[Si](C(C)C)(C(C)C)C(C)C)CO)(C(C)C)C(C)C. The van der Waals surface area contributed by atoms with Crippen molar-refractivity contribution < 1.29 is 10.2 Å². The Morgan fingerprint density at radius 3 is 0.833 bits per heavy atom. The number of aliphatic hydroxyl groups excluding tert-OH is 2. The predicted molar refractivity (Wildman–Crippen MR) is 139 cm³/mol. The smallest absolute Gasteiger partial charge is 0.146 e. The molecule has 30 heavy (non-hydrogen) atoms. The van der Waals surface area contributed by atoms with Gasteiger partial charge in [0.15, 0.2) is 0 Å². The molecule has 0 aliphatic carbocycles. The summed E-state index contributed by atoms with van der Waals surface area (Å²) in [5.41, 5.74) is 11.7. The Balaban J connectivity index is 6.68. The summed E-state index contributed by atoms with van der Waals surface area (Å²) in [5, 5.41) is 20.2. The van der Waals surface area contributed by atoms with Crippen molar-refractivity contribution in [3.05, 3.63) is 11.1 Å². The van der Waals surface area contributed by atoms with Crippen LogP contribution in [0.2, 0.25) is 33.2 Å². The van der Waals surface area contributed by atoms with Gasteiger partial charge in [-0.1, -0.05) is 94.9 Å². The lowest BCUT2D eigenvalue weighted by molar-refractivity contribution is 0.319. The van der Waals surface area contributed by atoms with Crippen LogP contribution in [0.4, 0.5) is 0 Å². The largest absolute Gasteiger partial charge is 0.391 e. The van der Waals surface area contributed by atoms with Gasteiger partial charge in [-0.05, 0) is 33.2 Å². The van der Waals surface area contributed by atoms with E-state index in [1.807, 2.05) is 0 Å². The maximum Gasteiger partial charge on any atom is 0.146 e. The molecule has 0 saturated carbocycles. The summed E-state index contributed by atoms with van der Waals surface area (Å²) < 4.78 is 0. The Hall–Kier alpha value is -0.786. The fourth-order valence-corrected chi connectivity index (χ4v) is 16.1. The minimum atomic E-state index is -1.91. The van der Waals surface area contributed by atoms with E-state index in [-0.39, 0.29) is 13.2 Å². The molecule has 4 heteroatoms. The highest BCUT2D eigenvalue weighted by Gasteiger charge is 2.42. The molecule has 0 spiro atoms. The average molecular weight is 449 g/mol. The van der Waals surface area contributed by atoms with Crippen molar-refractivity contribution in [2.75, 3.05) is 13.2 Å². The third kappa shape index (κ3) is 6.13. The van der Waals surface area contributed by atoms with Gasteiger partial charge in [0.05, 0.1) is 13.2 Å². The van der Waals surface area contributed by atoms with Gasteiger partial charge in [0.1, 0.15) is 16.1 Å². The Bertz CT molecular complexity index is 588. The highest BCUT2D eigenvalue weighted by molar-refractivity contribution is 6.91. The number of hydrogen-bond donors (Lipinski definition) is 2. The standard InChI is InChI=1S/C26H48O2Si2/c1-19(2)29(20(3)4,21(5)6)15-13-25(17-27)26(18-28)14-16-30(22(7)8,23(9)10)24(11)12/h19-24,27-28H,17-18H2,1-12H3/b26-25+. The van der Waals surface area contributed by atoms with E-state index in [4.69, 9.17) is 0 Å². The molecule has 0 saturated heterocycles. The zero-order valence-electron chi connectivity index (χ0n) is 21.8. The molecule has 0 heterocycles. The van der Waals surface area contributed by atoms with Gasteiger partial charge < -0.3 is 10.2 Å². The van der Waals surface area contributed by atoms with Crippen LogP contribution in [-0.2, 0) is 0 Å². The summed E-state index contributed by atoms with van der Waals surface area (Å²) >= 11 is 0. The minimum Gasteiger partial charge on any atom is -0.391 e. The average Bonchev–Trinajstić information content (AvgIpc) is 2.61. The van der Waals surface area contributed by atoms with Crippen LogP contribution < -0.4 is 0 Å². The van der Waals surface area contributed by atoms with E-state index in [1.54, 1.807) is 0 Å². The summed E-state index contributed by atoms with van der Waals surface area (Å²) in [4.78, 5) is 0. The van der Waals surface area contributed by atoms with E-state index in [1.165, 1.54) is 0 Å². The third-order valence-electron chi connectivity index (χ3n) is 7.27. The molecule has 0 aliphatic rings. The van der Waals surface area contributed by atoms with Crippen LogP contribution >= 0.6 is 0 Å². The van der Waals surface area contributed by atoms with Crippen molar-refractivity contribution in [3.8, 4) is 22.9 Å². The van der Waals surface area contributed by atoms with Gasteiger partial charge in [-0.3, -0.25) is 0 Å². The van der Waals surface area contributed by atoms with Crippen molar-refractivity contribution >= 4 is 16.1 Å². The molecule has 2 N–H and O–H groups in total. The Kier molecular flexibility index (Phi) is 12.0. The number of aliphatic hydroxyl groups is 2. The molecule has 0 rings (SSSR count). The van der Waals surface area contributed by atoms with Crippen molar-refractivity contribution in [1.29, 1.82) is 0 Å². The first kappa shape index (κ1) is 29.2. The van der Waals surface area contributed by atoms with Crippen molar-refractivity contribution in [1.82, 2.24) is 0 Å². The van der Waals surface area contributed by atoms with E-state index in [2.05, 4.69) is 106 Å².